The fourth-order valence-electron chi connectivity index (χ4n) is 1.17. The van der Waals surface area contributed by atoms with Crippen molar-refractivity contribution in [1.82, 2.24) is 0 Å². The molecule has 0 aliphatic carbocycles. The number of thioether (sulfide) groups is 1. The predicted octanol–water partition coefficient (Wildman–Crippen LogP) is 4.00. The Kier molecular flexibility index (Phi) is 4.23. The molecule has 2 heteroatoms. The SMILES string of the molecule is Cc1ccc(SC(C)C(C)C)c(C#N)c1. The predicted molar refractivity (Wildman–Crippen MR) is 66.1 cm³/mol. The topological polar surface area (TPSA) is 23.8 Å². The molecule has 0 saturated carbocycles. The maximum absolute atomic E-state index is 9.03. The molecule has 15 heavy (non-hydrogen) atoms. The van der Waals surface area contributed by atoms with Crippen LogP contribution in [0.25, 0.3) is 0 Å². The standard InChI is InChI=1S/C13H17NS/c1-9(2)11(4)15-13-6-5-10(3)7-12(13)8-14/h5-7,9,11H,1-4H3. The minimum absolute atomic E-state index is 0.541. The van der Waals surface area contributed by atoms with Crippen molar-refractivity contribution < 1.29 is 0 Å². The maximum atomic E-state index is 9.03. The third kappa shape index (κ3) is 3.28. The van der Waals surface area contributed by atoms with E-state index in [4.69, 9.17) is 5.26 Å². The Bertz CT molecular complexity index is 377. The Hall–Kier alpha value is -0.940. The second-order valence-electron chi connectivity index (χ2n) is 4.18. The Labute approximate surface area is 96.5 Å². The average Bonchev–Trinajstić information content (AvgIpc) is 2.20. The van der Waals surface area contributed by atoms with Crippen LogP contribution in [0.15, 0.2) is 23.1 Å². The Morgan fingerprint density at radius 3 is 2.47 bits per heavy atom. The van der Waals surface area contributed by atoms with Crippen molar-refractivity contribution in [3.63, 3.8) is 0 Å². The van der Waals surface area contributed by atoms with E-state index in [1.54, 1.807) is 11.8 Å². The summed E-state index contributed by atoms with van der Waals surface area (Å²) >= 11 is 1.79. The van der Waals surface area contributed by atoms with E-state index < -0.39 is 0 Å². The molecule has 0 N–H and O–H groups in total. The van der Waals surface area contributed by atoms with E-state index in [1.165, 1.54) is 0 Å². The molecule has 0 radical (unpaired) electrons. The summed E-state index contributed by atoms with van der Waals surface area (Å²) in [5.41, 5.74) is 1.95. The Balaban J connectivity index is 2.91. The summed E-state index contributed by atoms with van der Waals surface area (Å²) in [4.78, 5) is 1.10. The van der Waals surface area contributed by atoms with Crippen molar-refractivity contribution in [1.29, 1.82) is 5.26 Å². The molecule has 0 bridgehead atoms. The molecule has 1 rings (SSSR count). The minimum Gasteiger partial charge on any atom is -0.192 e. The van der Waals surface area contributed by atoms with Gasteiger partial charge in [-0.3, -0.25) is 0 Å². The average molecular weight is 219 g/mol. The third-order valence-corrected chi connectivity index (χ3v) is 4.03. The van der Waals surface area contributed by atoms with Crippen LogP contribution in [0.3, 0.4) is 0 Å². The number of aryl methyl sites for hydroxylation is 1. The monoisotopic (exact) mass is 219 g/mol. The Morgan fingerprint density at radius 2 is 1.93 bits per heavy atom. The lowest BCUT2D eigenvalue weighted by Crippen LogP contribution is -2.05. The normalized spacial score (nSPS) is 12.5. The molecular formula is C13H17NS. The van der Waals surface area contributed by atoms with Gasteiger partial charge in [-0.25, -0.2) is 0 Å². The van der Waals surface area contributed by atoms with Gasteiger partial charge in [-0.15, -0.1) is 11.8 Å². The van der Waals surface area contributed by atoms with Gasteiger partial charge in [0.25, 0.3) is 0 Å². The summed E-state index contributed by atoms with van der Waals surface area (Å²) in [6.45, 7) is 8.63. The lowest BCUT2D eigenvalue weighted by Gasteiger charge is -2.15. The largest absolute Gasteiger partial charge is 0.192 e. The Morgan fingerprint density at radius 1 is 1.27 bits per heavy atom. The lowest BCUT2D eigenvalue weighted by atomic mass is 10.1. The van der Waals surface area contributed by atoms with Crippen molar-refractivity contribution in [3.05, 3.63) is 29.3 Å². The zero-order valence-electron chi connectivity index (χ0n) is 9.74. The second-order valence-corrected chi connectivity index (χ2v) is 5.60. The van der Waals surface area contributed by atoms with Gasteiger partial charge >= 0.3 is 0 Å². The fraction of sp³-hybridized carbons (Fsp3) is 0.462. The molecular weight excluding hydrogens is 202 g/mol. The van der Waals surface area contributed by atoms with Gasteiger partial charge in [0, 0.05) is 10.1 Å². The first-order valence-corrected chi connectivity index (χ1v) is 6.10. The molecule has 1 atom stereocenters. The van der Waals surface area contributed by atoms with Crippen LogP contribution < -0.4 is 0 Å². The molecule has 1 nitrogen and oxygen atoms in total. The van der Waals surface area contributed by atoms with E-state index in [2.05, 4.69) is 39.0 Å². The molecule has 0 fully saturated rings. The van der Waals surface area contributed by atoms with Crippen molar-refractivity contribution in [2.24, 2.45) is 5.92 Å². The molecule has 0 saturated heterocycles. The zero-order valence-corrected chi connectivity index (χ0v) is 10.6. The van der Waals surface area contributed by atoms with E-state index in [1.807, 2.05) is 13.0 Å². The first-order chi connectivity index (χ1) is 7.04. The van der Waals surface area contributed by atoms with Gasteiger partial charge in [0.15, 0.2) is 0 Å². The highest BCUT2D eigenvalue weighted by Gasteiger charge is 2.11. The highest BCUT2D eigenvalue weighted by atomic mass is 32.2. The highest BCUT2D eigenvalue weighted by Crippen LogP contribution is 2.30. The van der Waals surface area contributed by atoms with E-state index in [-0.39, 0.29) is 0 Å². The van der Waals surface area contributed by atoms with Crippen molar-refractivity contribution >= 4 is 11.8 Å². The fourth-order valence-corrected chi connectivity index (χ4v) is 2.22. The third-order valence-electron chi connectivity index (χ3n) is 2.51. The van der Waals surface area contributed by atoms with Crippen LogP contribution in [0.1, 0.15) is 31.9 Å². The zero-order chi connectivity index (χ0) is 11.4. The lowest BCUT2D eigenvalue weighted by molar-refractivity contribution is 0.642. The van der Waals surface area contributed by atoms with E-state index in [9.17, 15) is 0 Å². The van der Waals surface area contributed by atoms with Crippen LogP contribution >= 0.6 is 11.8 Å². The smallest absolute Gasteiger partial charge is 0.100 e. The quantitative estimate of drug-likeness (QED) is 0.717. The van der Waals surface area contributed by atoms with Crippen LogP contribution in [0.2, 0.25) is 0 Å². The van der Waals surface area contributed by atoms with E-state index >= 15 is 0 Å². The molecule has 1 unspecified atom stereocenters. The summed E-state index contributed by atoms with van der Waals surface area (Å²) in [7, 11) is 0. The van der Waals surface area contributed by atoms with Crippen LogP contribution in [0.5, 0.6) is 0 Å². The van der Waals surface area contributed by atoms with Crippen LogP contribution in [-0.4, -0.2) is 5.25 Å². The number of hydrogen-bond donors (Lipinski definition) is 0. The van der Waals surface area contributed by atoms with Crippen molar-refractivity contribution in [2.75, 3.05) is 0 Å². The van der Waals surface area contributed by atoms with Gasteiger partial charge in [-0.05, 0) is 30.5 Å². The van der Waals surface area contributed by atoms with Gasteiger partial charge in [-0.1, -0.05) is 26.8 Å². The molecule has 0 aliphatic heterocycles. The van der Waals surface area contributed by atoms with E-state index in [0.29, 0.717) is 11.2 Å². The van der Waals surface area contributed by atoms with Gasteiger partial charge in [-0.2, -0.15) is 5.26 Å². The molecule has 0 amide bonds. The van der Waals surface area contributed by atoms with Crippen molar-refractivity contribution in [2.45, 2.75) is 37.8 Å². The molecule has 80 valence electrons. The van der Waals surface area contributed by atoms with Crippen LogP contribution in [-0.2, 0) is 0 Å². The summed E-state index contributed by atoms with van der Waals surface area (Å²) in [6.07, 6.45) is 0. The summed E-state index contributed by atoms with van der Waals surface area (Å²) in [5, 5.41) is 9.57. The number of nitriles is 1. The number of hydrogen-bond acceptors (Lipinski definition) is 2. The van der Waals surface area contributed by atoms with Crippen LogP contribution in [0.4, 0.5) is 0 Å². The second kappa shape index (κ2) is 5.23. The summed E-state index contributed by atoms with van der Waals surface area (Å²) < 4.78 is 0. The molecule has 0 heterocycles. The first-order valence-electron chi connectivity index (χ1n) is 5.22. The van der Waals surface area contributed by atoms with E-state index in [0.717, 1.165) is 16.0 Å². The number of benzene rings is 1. The minimum atomic E-state index is 0.541. The molecule has 1 aromatic rings. The highest BCUT2D eigenvalue weighted by molar-refractivity contribution is 8.00. The van der Waals surface area contributed by atoms with Crippen LogP contribution in [0, 0.1) is 24.2 Å². The van der Waals surface area contributed by atoms with Crippen molar-refractivity contribution in [3.8, 4) is 6.07 Å². The van der Waals surface area contributed by atoms with Gasteiger partial charge in [0.05, 0.1) is 5.56 Å². The number of rotatable bonds is 3. The maximum Gasteiger partial charge on any atom is 0.100 e. The number of nitrogens with zero attached hydrogens (tertiary/aromatic N) is 1. The molecule has 1 aromatic carbocycles. The first kappa shape index (κ1) is 12.1. The van der Waals surface area contributed by atoms with Gasteiger partial charge < -0.3 is 0 Å². The summed E-state index contributed by atoms with van der Waals surface area (Å²) in [6, 6.07) is 8.33. The molecule has 0 spiro atoms. The van der Waals surface area contributed by atoms with Gasteiger partial charge in [0.2, 0.25) is 0 Å². The molecule has 0 aliphatic rings. The molecule has 0 aromatic heterocycles. The van der Waals surface area contributed by atoms with Gasteiger partial charge in [0.1, 0.15) is 6.07 Å². The summed E-state index contributed by atoms with van der Waals surface area (Å²) in [5.74, 6) is 0.628.